The predicted molar refractivity (Wildman–Crippen MR) is 68.2 cm³/mol. The Hall–Kier alpha value is -1.62. The van der Waals surface area contributed by atoms with Crippen LogP contribution in [-0.2, 0) is 17.6 Å². The molecule has 2 rings (SSSR count). The first-order valence-electron chi connectivity index (χ1n) is 6.14. The molecule has 0 aromatic carbocycles. The highest BCUT2D eigenvalue weighted by molar-refractivity contribution is 5.93. The molecule has 0 fully saturated rings. The summed E-state index contributed by atoms with van der Waals surface area (Å²) in [6, 6.07) is 1.75. The maximum atomic E-state index is 11.2. The SMILES string of the molecule is COC(C)CNc1nc2c(cc1C(=O)O)CCC2. The lowest BCUT2D eigenvalue weighted by Crippen LogP contribution is -2.20. The Morgan fingerprint density at radius 2 is 2.39 bits per heavy atom. The maximum absolute atomic E-state index is 11.2. The molecule has 0 amide bonds. The number of rotatable bonds is 5. The molecule has 18 heavy (non-hydrogen) atoms. The Balaban J connectivity index is 2.24. The highest BCUT2D eigenvalue weighted by Crippen LogP contribution is 2.25. The summed E-state index contributed by atoms with van der Waals surface area (Å²) in [7, 11) is 1.63. The zero-order valence-electron chi connectivity index (χ0n) is 10.7. The zero-order chi connectivity index (χ0) is 13.1. The number of nitrogens with zero attached hydrogens (tertiary/aromatic N) is 1. The monoisotopic (exact) mass is 250 g/mol. The second kappa shape index (κ2) is 5.35. The van der Waals surface area contributed by atoms with E-state index in [0.29, 0.717) is 12.4 Å². The van der Waals surface area contributed by atoms with Crippen LogP contribution < -0.4 is 5.32 Å². The van der Waals surface area contributed by atoms with Crippen LogP contribution in [0.5, 0.6) is 0 Å². The molecule has 1 aliphatic carbocycles. The number of aryl methyl sites for hydroxylation is 2. The lowest BCUT2D eigenvalue weighted by molar-refractivity contribution is 0.0697. The Morgan fingerprint density at radius 1 is 1.61 bits per heavy atom. The van der Waals surface area contributed by atoms with Gasteiger partial charge in [-0.2, -0.15) is 0 Å². The van der Waals surface area contributed by atoms with Gasteiger partial charge in [-0.3, -0.25) is 0 Å². The standard InChI is InChI=1S/C13H18N2O3/c1-8(18-2)7-14-12-10(13(16)17)6-9-4-3-5-11(9)15-12/h6,8H,3-5,7H2,1-2H3,(H,14,15)(H,16,17). The first-order chi connectivity index (χ1) is 8.61. The first kappa shape index (κ1) is 12.8. The van der Waals surface area contributed by atoms with Crippen LogP contribution in [0.15, 0.2) is 6.07 Å². The second-order valence-electron chi connectivity index (χ2n) is 4.58. The lowest BCUT2D eigenvalue weighted by Gasteiger charge is -2.14. The van der Waals surface area contributed by atoms with E-state index in [1.54, 1.807) is 13.2 Å². The van der Waals surface area contributed by atoms with Crippen molar-refractivity contribution >= 4 is 11.8 Å². The molecule has 5 nitrogen and oxygen atoms in total. The topological polar surface area (TPSA) is 71.5 Å². The number of pyridine rings is 1. The van der Waals surface area contributed by atoms with E-state index in [2.05, 4.69) is 10.3 Å². The normalized spacial score (nSPS) is 15.2. The number of methoxy groups -OCH3 is 1. The number of hydrogen-bond acceptors (Lipinski definition) is 4. The number of ether oxygens (including phenoxy) is 1. The van der Waals surface area contributed by atoms with Crippen molar-refractivity contribution in [1.82, 2.24) is 4.98 Å². The molecular formula is C13H18N2O3. The molecule has 5 heteroatoms. The average Bonchev–Trinajstić information content (AvgIpc) is 2.81. The summed E-state index contributed by atoms with van der Waals surface area (Å²) < 4.78 is 5.13. The summed E-state index contributed by atoms with van der Waals surface area (Å²) in [5.74, 6) is -0.489. The number of nitrogens with one attached hydrogen (secondary N) is 1. The summed E-state index contributed by atoms with van der Waals surface area (Å²) >= 11 is 0. The molecule has 0 radical (unpaired) electrons. The van der Waals surface area contributed by atoms with Gasteiger partial charge in [-0.15, -0.1) is 0 Å². The van der Waals surface area contributed by atoms with E-state index in [1.807, 2.05) is 6.92 Å². The van der Waals surface area contributed by atoms with Crippen molar-refractivity contribution in [3.63, 3.8) is 0 Å². The van der Waals surface area contributed by atoms with Gasteiger partial charge in [-0.1, -0.05) is 0 Å². The van der Waals surface area contributed by atoms with Crippen LogP contribution in [0.2, 0.25) is 0 Å². The molecule has 1 aromatic rings. The molecule has 1 atom stereocenters. The fourth-order valence-corrected chi connectivity index (χ4v) is 2.09. The fraction of sp³-hybridized carbons (Fsp3) is 0.538. The second-order valence-corrected chi connectivity index (χ2v) is 4.58. The number of carboxylic acids is 1. The van der Waals surface area contributed by atoms with Crippen molar-refractivity contribution in [3.05, 3.63) is 22.9 Å². The summed E-state index contributed by atoms with van der Waals surface area (Å²) in [5.41, 5.74) is 2.34. The van der Waals surface area contributed by atoms with Crippen LogP contribution in [0.3, 0.4) is 0 Å². The van der Waals surface area contributed by atoms with E-state index in [9.17, 15) is 9.90 Å². The van der Waals surface area contributed by atoms with Gasteiger partial charge in [0.05, 0.1) is 6.10 Å². The molecule has 1 heterocycles. The molecule has 1 aliphatic rings. The predicted octanol–water partition coefficient (Wildman–Crippen LogP) is 1.72. The van der Waals surface area contributed by atoms with Crippen LogP contribution in [0.25, 0.3) is 0 Å². The maximum Gasteiger partial charge on any atom is 0.339 e. The number of anilines is 1. The van der Waals surface area contributed by atoms with Gasteiger partial charge in [-0.05, 0) is 37.8 Å². The van der Waals surface area contributed by atoms with E-state index in [1.165, 1.54) is 0 Å². The van der Waals surface area contributed by atoms with Gasteiger partial charge >= 0.3 is 5.97 Å². The van der Waals surface area contributed by atoms with Crippen molar-refractivity contribution in [2.24, 2.45) is 0 Å². The highest BCUT2D eigenvalue weighted by Gasteiger charge is 2.19. The van der Waals surface area contributed by atoms with E-state index < -0.39 is 5.97 Å². The zero-order valence-corrected chi connectivity index (χ0v) is 10.7. The smallest absolute Gasteiger partial charge is 0.339 e. The Kier molecular flexibility index (Phi) is 3.81. The first-order valence-corrected chi connectivity index (χ1v) is 6.14. The van der Waals surface area contributed by atoms with Crippen molar-refractivity contribution < 1.29 is 14.6 Å². The average molecular weight is 250 g/mol. The largest absolute Gasteiger partial charge is 0.478 e. The summed E-state index contributed by atoms with van der Waals surface area (Å²) in [4.78, 5) is 15.7. The molecule has 1 aromatic heterocycles. The molecule has 2 N–H and O–H groups in total. The third-order valence-electron chi connectivity index (χ3n) is 3.24. The molecular weight excluding hydrogens is 232 g/mol. The van der Waals surface area contributed by atoms with Gasteiger partial charge in [0.15, 0.2) is 0 Å². The molecule has 98 valence electrons. The van der Waals surface area contributed by atoms with Gasteiger partial charge in [0.2, 0.25) is 0 Å². The van der Waals surface area contributed by atoms with Gasteiger partial charge in [0.1, 0.15) is 11.4 Å². The van der Waals surface area contributed by atoms with E-state index in [0.717, 1.165) is 30.5 Å². The van der Waals surface area contributed by atoms with Crippen LogP contribution in [0.4, 0.5) is 5.82 Å². The van der Waals surface area contributed by atoms with E-state index >= 15 is 0 Å². The summed E-state index contributed by atoms with van der Waals surface area (Å²) in [6.07, 6.45) is 2.93. The number of carbonyl (C=O) groups is 1. The van der Waals surface area contributed by atoms with Gasteiger partial charge in [0, 0.05) is 19.3 Å². The van der Waals surface area contributed by atoms with Crippen molar-refractivity contribution in [2.75, 3.05) is 19.0 Å². The Bertz CT molecular complexity index is 460. The molecule has 0 spiro atoms. The number of hydrogen-bond donors (Lipinski definition) is 2. The summed E-state index contributed by atoms with van der Waals surface area (Å²) in [5, 5.41) is 12.3. The minimum atomic E-state index is -0.940. The quantitative estimate of drug-likeness (QED) is 0.832. The molecule has 0 bridgehead atoms. The molecule has 1 unspecified atom stereocenters. The van der Waals surface area contributed by atoms with Crippen LogP contribution in [0, 0.1) is 0 Å². The number of fused-ring (bicyclic) bond motifs is 1. The lowest BCUT2D eigenvalue weighted by atomic mass is 10.1. The fourth-order valence-electron chi connectivity index (χ4n) is 2.09. The van der Waals surface area contributed by atoms with Crippen molar-refractivity contribution in [1.29, 1.82) is 0 Å². The minimum absolute atomic E-state index is 0.0155. The van der Waals surface area contributed by atoms with E-state index in [-0.39, 0.29) is 11.7 Å². The number of carboxylic acid groups (broad SMARTS) is 1. The Labute approximate surface area is 106 Å². The number of aromatic nitrogens is 1. The number of aromatic carboxylic acids is 1. The van der Waals surface area contributed by atoms with Crippen molar-refractivity contribution in [3.8, 4) is 0 Å². The highest BCUT2D eigenvalue weighted by atomic mass is 16.5. The van der Waals surface area contributed by atoms with E-state index in [4.69, 9.17) is 4.74 Å². The molecule has 0 aliphatic heterocycles. The van der Waals surface area contributed by atoms with Crippen LogP contribution in [0.1, 0.15) is 35.0 Å². The van der Waals surface area contributed by atoms with Crippen LogP contribution >= 0.6 is 0 Å². The van der Waals surface area contributed by atoms with Crippen molar-refractivity contribution in [2.45, 2.75) is 32.3 Å². The van der Waals surface area contributed by atoms with Crippen LogP contribution in [-0.4, -0.2) is 35.8 Å². The van der Waals surface area contributed by atoms with Gasteiger partial charge < -0.3 is 15.2 Å². The Morgan fingerprint density at radius 3 is 3.06 bits per heavy atom. The van der Waals surface area contributed by atoms with Gasteiger partial charge in [0.25, 0.3) is 0 Å². The molecule has 0 saturated heterocycles. The van der Waals surface area contributed by atoms with Gasteiger partial charge in [-0.25, -0.2) is 9.78 Å². The minimum Gasteiger partial charge on any atom is -0.478 e. The third-order valence-corrected chi connectivity index (χ3v) is 3.24. The summed E-state index contributed by atoms with van der Waals surface area (Å²) in [6.45, 7) is 2.46. The molecule has 0 saturated carbocycles. The third kappa shape index (κ3) is 2.61.